The molecule has 5 nitrogen and oxygen atoms in total. The monoisotopic (exact) mass is 367 g/mol. The van der Waals surface area contributed by atoms with Crippen molar-refractivity contribution in [1.29, 1.82) is 0 Å². The fourth-order valence-electron chi connectivity index (χ4n) is 2.04. The van der Waals surface area contributed by atoms with Crippen molar-refractivity contribution in [2.24, 2.45) is 0 Å². The number of carbonyl (C=O) groups excluding carboxylic acids is 2. The minimum absolute atomic E-state index is 0.134. The second kappa shape index (κ2) is 7.45. The van der Waals surface area contributed by atoms with Crippen molar-refractivity contribution in [2.75, 3.05) is 13.2 Å². The number of furan rings is 1. The minimum Gasteiger partial charge on any atom is -0.450 e. The molecule has 0 bridgehead atoms. The lowest BCUT2D eigenvalue weighted by molar-refractivity contribution is -0.124. The van der Waals surface area contributed by atoms with Gasteiger partial charge < -0.3 is 14.5 Å². The van der Waals surface area contributed by atoms with Crippen molar-refractivity contribution in [3.63, 3.8) is 0 Å². The molecule has 0 fully saturated rings. The first-order valence-corrected chi connectivity index (χ1v) is 7.94. The highest BCUT2D eigenvalue weighted by molar-refractivity contribution is 9.10. The van der Waals surface area contributed by atoms with E-state index < -0.39 is 5.97 Å². The fourth-order valence-corrected chi connectivity index (χ4v) is 2.40. The van der Waals surface area contributed by atoms with Gasteiger partial charge in [0.05, 0.1) is 0 Å². The number of nitrogens with one attached hydrogen (secondary N) is 1. The molecule has 0 saturated heterocycles. The highest BCUT2D eigenvalue weighted by atomic mass is 79.9. The summed E-state index contributed by atoms with van der Waals surface area (Å²) in [4.78, 5) is 23.6. The van der Waals surface area contributed by atoms with E-state index in [1.54, 1.807) is 13.0 Å². The van der Waals surface area contributed by atoms with Gasteiger partial charge in [-0.05, 0) is 31.5 Å². The summed E-state index contributed by atoms with van der Waals surface area (Å²) in [6.45, 7) is 4.11. The van der Waals surface area contributed by atoms with E-state index in [0.29, 0.717) is 17.7 Å². The van der Waals surface area contributed by atoms with Gasteiger partial charge in [-0.2, -0.15) is 0 Å². The van der Waals surface area contributed by atoms with Crippen LogP contribution in [0.25, 0.3) is 11.0 Å². The topological polar surface area (TPSA) is 68.5 Å². The molecule has 6 heteroatoms. The van der Waals surface area contributed by atoms with Crippen molar-refractivity contribution in [3.05, 3.63) is 34.0 Å². The molecule has 0 unspecified atom stereocenters. The molecule has 0 radical (unpaired) electrons. The fraction of sp³-hybridized carbons (Fsp3) is 0.375. The number of fused-ring (bicyclic) bond motifs is 1. The lowest BCUT2D eigenvalue weighted by atomic mass is 10.1. The molecule has 0 spiro atoms. The van der Waals surface area contributed by atoms with Crippen LogP contribution in [-0.2, 0) is 9.53 Å². The second-order valence-electron chi connectivity index (χ2n) is 4.98. The quantitative estimate of drug-likeness (QED) is 0.625. The standard InChI is InChI=1S/C16H18BrNO4/c1-3-4-7-18-14(19)9-21-16(20)15-10(2)12-8-11(17)5-6-13(12)22-15/h5-6,8H,3-4,7,9H2,1-2H3,(H,18,19). The third-order valence-electron chi connectivity index (χ3n) is 3.27. The van der Waals surface area contributed by atoms with Crippen LogP contribution in [0.2, 0.25) is 0 Å². The van der Waals surface area contributed by atoms with Crippen molar-refractivity contribution in [1.82, 2.24) is 5.32 Å². The summed E-state index contributed by atoms with van der Waals surface area (Å²) in [6, 6.07) is 5.49. The summed E-state index contributed by atoms with van der Waals surface area (Å²) in [7, 11) is 0. The van der Waals surface area contributed by atoms with Gasteiger partial charge in [-0.3, -0.25) is 4.79 Å². The number of unbranched alkanes of at least 4 members (excludes halogenated alkanes) is 1. The molecular weight excluding hydrogens is 350 g/mol. The Kier molecular flexibility index (Phi) is 5.60. The molecule has 2 rings (SSSR count). The average Bonchev–Trinajstić information content (AvgIpc) is 2.82. The first-order chi connectivity index (χ1) is 10.5. The molecule has 1 aromatic heterocycles. The molecule has 1 heterocycles. The SMILES string of the molecule is CCCCNC(=O)COC(=O)c1oc2ccc(Br)cc2c1C. The molecular formula is C16H18BrNO4. The zero-order valence-electron chi connectivity index (χ0n) is 12.6. The molecule has 22 heavy (non-hydrogen) atoms. The van der Waals surface area contributed by atoms with Crippen LogP contribution in [0, 0.1) is 6.92 Å². The highest BCUT2D eigenvalue weighted by Gasteiger charge is 2.20. The molecule has 118 valence electrons. The third-order valence-corrected chi connectivity index (χ3v) is 3.76. The number of halogens is 1. The number of ether oxygens (including phenoxy) is 1. The Labute approximate surface area is 137 Å². The molecule has 0 aliphatic carbocycles. The van der Waals surface area contributed by atoms with Crippen LogP contribution < -0.4 is 5.32 Å². The summed E-state index contributed by atoms with van der Waals surface area (Å²) >= 11 is 3.38. The van der Waals surface area contributed by atoms with Crippen LogP contribution in [0.15, 0.2) is 27.1 Å². The molecule has 0 saturated carbocycles. The van der Waals surface area contributed by atoms with Gasteiger partial charge >= 0.3 is 5.97 Å². The first-order valence-electron chi connectivity index (χ1n) is 7.15. The maximum absolute atomic E-state index is 12.0. The van der Waals surface area contributed by atoms with Gasteiger partial charge in [-0.1, -0.05) is 29.3 Å². The van der Waals surface area contributed by atoms with E-state index >= 15 is 0 Å². The summed E-state index contributed by atoms with van der Waals surface area (Å²) in [5.41, 5.74) is 1.31. The van der Waals surface area contributed by atoms with Gasteiger partial charge in [0.25, 0.3) is 5.91 Å². The smallest absolute Gasteiger partial charge is 0.375 e. The zero-order valence-corrected chi connectivity index (χ0v) is 14.2. The number of hydrogen-bond acceptors (Lipinski definition) is 4. The van der Waals surface area contributed by atoms with E-state index in [9.17, 15) is 9.59 Å². The van der Waals surface area contributed by atoms with Crippen LogP contribution >= 0.6 is 15.9 Å². The van der Waals surface area contributed by atoms with Gasteiger partial charge in [-0.25, -0.2) is 4.79 Å². The Morgan fingerprint density at radius 1 is 1.36 bits per heavy atom. The van der Waals surface area contributed by atoms with Gasteiger partial charge in [-0.15, -0.1) is 0 Å². The zero-order chi connectivity index (χ0) is 16.1. The van der Waals surface area contributed by atoms with E-state index in [2.05, 4.69) is 21.2 Å². The largest absolute Gasteiger partial charge is 0.450 e. The first kappa shape index (κ1) is 16.5. The van der Waals surface area contributed by atoms with Crippen LogP contribution in [0.4, 0.5) is 0 Å². The van der Waals surface area contributed by atoms with E-state index in [0.717, 1.165) is 22.7 Å². The summed E-state index contributed by atoms with van der Waals surface area (Å²) in [5.74, 6) is -0.803. The maximum Gasteiger partial charge on any atom is 0.375 e. The number of esters is 1. The van der Waals surface area contributed by atoms with E-state index in [1.165, 1.54) is 0 Å². The molecule has 1 amide bonds. The number of aryl methyl sites for hydroxylation is 1. The summed E-state index contributed by atoms with van der Waals surface area (Å²) in [6.07, 6.45) is 1.89. The Morgan fingerprint density at radius 2 is 2.14 bits per heavy atom. The normalized spacial score (nSPS) is 10.7. The molecule has 0 aliphatic rings. The number of benzene rings is 1. The van der Waals surface area contributed by atoms with Crippen LogP contribution in [-0.4, -0.2) is 25.0 Å². The minimum atomic E-state index is -0.629. The summed E-state index contributed by atoms with van der Waals surface area (Å²) < 4.78 is 11.4. The molecule has 1 aromatic carbocycles. The lowest BCUT2D eigenvalue weighted by Gasteiger charge is -2.05. The second-order valence-corrected chi connectivity index (χ2v) is 5.89. The number of hydrogen-bond donors (Lipinski definition) is 1. The van der Waals surface area contributed by atoms with E-state index in [4.69, 9.17) is 9.15 Å². The van der Waals surface area contributed by atoms with Gasteiger partial charge in [0.1, 0.15) is 5.58 Å². The Hall–Kier alpha value is -1.82. The predicted octanol–water partition coefficient (Wildman–Crippen LogP) is 3.58. The van der Waals surface area contributed by atoms with Gasteiger partial charge in [0.15, 0.2) is 6.61 Å². The Balaban J connectivity index is 2.01. The van der Waals surface area contributed by atoms with Crippen LogP contribution in [0.3, 0.4) is 0 Å². The van der Waals surface area contributed by atoms with Crippen molar-refractivity contribution in [2.45, 2.75) is 26.7 Å². The highest BCUT2D eigenvalue weighted by Crippen LogP contribution is 2.28. The van der Waals surface area contributed by atoms with Crippen molar-refractivity contribution < 1.29 is 18.7 Å². The van der Waals surface area contributed by atoms with Crippen molar-refractivity contribution in [3.8, 4) is 0 Å². The maximum atomic E-state index is 12.0. The Morgan fingerprint density at radius 3 is 2.86 bits per heavy atom. The molecule has 0 atom stereocenters. The van der Waals surface area contributed by atoms with Crippen LogP contribution in [0.5, 0.6) is 0 Å². The molecule has 1 N–H and O–H groups in total. The average molecular weight is 368 g/mol. The molecule has 2 aromatic rings. The van der Waals surface area contributed by atoms with Crippen LogP contribution in [0.1, 0.15) is 35.9 Å². The number of carbonyl (C=O) groups is 2. The number of rotatable bonds is 6. The van der Waals surface area contributed by atoms with Gasteiger partial charge in [0, 0.05) is 22.0 Å². The molecule has 0 aliphatic heterocycles. The summed E-state index contributed by atoms with van der Waals surface area (Å²) in [5, 5.41) is 3.53. The lowest BCUT2D eigenvalue weighted by Crippen LogP contribution is -2.29. The third kappa shape index (κ3) is 3.88. The van der Waals surface area contributed by atoms with Gasteiger partial charge in [0.2, 0.25) is 5.76 Å². The van der Waals surface area contributed by atoms with Crippen molar-refractivity contribution >= 4 is 38.8 Å². The Bertz CT molecular complexity index is 693. The van der Waals surface area contributed by atoms with E-state index in [-0.39, 0.29) is 18.3 Å². The predicted molar refractivity (Wildman–Crippen MR) is 86.9 cm³/mol. The number of amides is 1. The van der Waals surface area contributed by atoms with E-state index in [1.807, 2.05) is 19.1 Å².